The number of alkyl halides is 3. The number of allylic oxidation sites excluding steroid dienone is 1. The third-order valence-electron chi connectivity index (χ3n) is 5.75. The van der Waals surface area contributed by atoms with Crippen LogP contribution in [0.15, 0.2) is 12.2 Å². The van der Waals surface area contributed by atoms with Gasteiger partial charge in [0.15, 0.2) is 10.7 Å². The van der Waals surface area contributed by atoms with Crippen LogP contribution in [0.1, 0.15) is 0 Å². The zero-order valence-corrected chi connectivity index (χ0v) is 13.0. The van der Waals surface area contributed by atoms with Gasteiger partial charge in [0, 0.05) is 32.0 Å². The highest BCUT2D eigenvalue weighted by Gasteiger charge is 2.98. The van der Waals surface area contributed by atoms with E-state index in [1.807, 2.05) is 6.08 Å². The van der Waals surface area contributed by atoms with E-state index in [0.717, 1.165) is 0 Å². The highest BCUT2D eigenvalue weighted by molar-refractivity contribution is 6.55. The number of carbonyl (C=O) groups excluding carboxylic acids is 1. The van der Waals surface area contributed by atoms with Gasteiger partial charge in [-0.15, -0.1) is 34.8 Å². The Balaban J connectivity index is 2.14. The normalized spacial score (nSPS) is 60.8. The van der Waals surface area contributed by atoms with E-state index in [0.29, 0.717) is 0 Å². The van der Waals surface area contributed by atoms with E-state index >= 15 is 0 Å². The fourth-order valence-corrected chi connectivity index (χ4v) is 7.27. The smallest absolute Gasteiger partial charge is 0.217 e. The molecule has 1 N–H and O–H groups in total. The number of Topliss-reactive ketones (excluding diaryl/α,β-unsaturated/α-hetero) is 1. The van der Waals surface area contributed by atoms with Gasteiger partial charge in [0.1, 0.15) is 9.75 Å². The fourth-order valence-electron chi connectivity index (χ4n) is 5.13. The molecule has 0 aliphatic heterocycles. The predicted molar refractivity (Wildman–Crippen MR) is 73.1 cm³/mol. The number of fused-ring (bicyclic) bond motifs is 4. The number of methoxy groups -OCH3 is 2. The molecule has 0 aromatic carbocycles. The Hall–Kier alpha value is 0.160. The van der Waals surface area contributed by atoms with Crippen molar-refractivity contribution in [3.63, 3.8) is 0 Å². The molecular weight excluding hydrogens is 326 g/mol. The van der Waals surface area contributed by atoms with Crippen molar-refractivity contribution < 1.29 is 19.4 Å². The van der Waals surface area contributed by atoms with Crippen LogP contribution in [0.3, 0.4) is 0 Å². The summed E-state index contributed by atoms with van der Waals surface area (Å²) in [4.78, 5) is 8.51. The molecule has 4 nitrogen and oxygen atoms in total. The van der Waals surface area contributed by atoms with E-state index in [4.69, 9.17) is 44.3 Å². The number of hydrogen-bond acceptors (Lipinski definition) is 4. The van der Waals surface area contributed by atoms with Gasteiger partial charge in [0.25, 0.3) is 0 Å². The van der Waals surface area contributed by atoms with Crippen LogP contribution in [0.25, 0.3) is 0 Å². The molecule has 0 saturated heterocycles. The number of ketones is 1. The molecule has 3 saturated carbocycles. The Morgan fingerprint density at radius 3 is 2.20 bits per heavy atom. The second-order valence-corrected chi connectivity index (χ2v) is 7.73. The van der Waals surface area contributed by atoms with Gasteiger partial charge < -0.3 is 14.6 Å². The van der Waals surface area contributed by atoms with Crippen LogP contribution in [0.2, 0.25) is 0 Å². The van der Waals surface area contributed by atoms with E-state index < -0.39 is 50.1 Å². The van der Waals surface area contributed by atoms with E-state index in [2.05, 4.69) is 0 Å². The van der Waals surface area contributed by atoms with E-state index in [1.54, 1.807) is 6.08 Å². The summed E-state index contributed by atoms with van der Waals surface area (Å²) in [5.41, 5.74) is 0. The summed E-state index contributed by atoms with van der Waals surface area (Å²) in [7, 11) is 2.79. The molecule has 0 radical (unpaired) electrons. The van der Waals surface area contributed by atoms with Crippen molar-refractivity contribution in [1.29, 1.82) is 0 Å². The maximum Gasteiger partial charge on any atom is 0.217 e. The first-order valence-electron chi connectivity index (χ1n) is 6.37. The Bertz CT molecular complexity index is 562. The van der Waals surface area contributed by atoms with Crippen molar-refractivity contribution >= 4 is 40.6 Å². The summed E-state index contributed by atoms with van der Waals surface area (Å²) in [6, 6.07) is 0. The molecule has 7 heteroatoms. The van der Waals surface area contributed by atoms with Gasteiger partial charge in [-0.3, -0.25) is 4.79 Å². The summed E-state index contributed by atoms with van der Waals surface area (Å²) in [6.07, 6.45) is 2.73. The summed E-state index contributed by atoms with van der Waals surface area (Å²) in [6.45, 7) is 0. The second kappa shape index (κ2) is 3.39. The average Bonchev–Trinajstić information content (AvgIpc) is 2.65. The third-order valence-corrected chi connectivity index (χ3v) is 8.04. The van der Waals surface area contributed by atoms with Gasteiger partial charge in [-0.2, -0.15) is 0 Å². The zero-order chi connectivity index (χ0) is 14.7. The number of aliphatic hydroxyl groups excluding tert-OH is 1. The van der Waals surface area contributed by atoms with Crippen LogP contribution in [0.4, 0.5) is 0 Å². The van der Waals surface area contributed by atoms with Crippen LogP contribution in [0.5, 0.6) is 0 Å². The minimum absolute atomic E-state index is 0.417. The molecule has 7 atom stereocenters. The Morgan fingerprint density at radius 2 is 1.65 bits per heavy atom. The zero-order valence-electron chi connectivity index (χ0n) is 10.8. The molecule has 20 heavy (non-hydrogen) atoms. The molecule has 4 aliphatic rings. The van der Waals surface area contributed by atoms with Crippen molar-refractivity contribution in [3.05, 3.63) is 12.2 Å². The molecule has 4 bridgehead atoms. The molecule has 4 aliphatic carbocycles. The van der Waals surface area contributed by atoms with Crippen LogP contribution >= 0.6 is 34.8 Å². The summed E-state index contributed by atoms with van der Waals surface area (Å²) >= 11 is 20.2. The molecular formula is C13H13Cl3O4. The average molecular weight is 340 g/mol. The third kappa shape index (κ3) is 0.832. The molecule has 4 rings (SSSR count). The molecule has 110 valence electrons. The lowest BCUT2D eigenvalue weighted by Gasteiger charge is -2.41. The monoisotopic (exact) mass is 338 g/mol. The van der Waals surface area contributed by atoms with Gasteiger partial charge in [0.05, 0.1) is 6.10 Å². The first-order valence-corrected chi connectivity index (χ1v) is 7.50. The highest BCUT2D eigenvalue weighted by atomic mass is 35.5. The van der Waals surface area contributed by atoms with Gasteiger partial charge in [-0.05, 0) is 0 Å². The fraction of sp³-hybridized carbons (Fsp3) is 0.769. The van der Waals surface area contributed by atoms with Gasteiger partial charge in [-0.25, -0.2) is 0 Å². The van der Waals surface area contributed by atoms with Crippen molar-refractivity contribution in [3.8, 4) is 0 Å². The highest BCUT2D eigenvalue weighted by Crippen LogP contribution is 2.81. The second-order valence-electron chi connectivity index (χ2n) is 5.94. The van der Waals surface area contributed by atoms with Crippen LogP contribution in [-0.4, -0.2) is 51.6 Å². The molecule has 0 spiro atoms. The molecule has 0 aromatic rings. The molecule has 0 aromatic heterocycles. The number of hydrogen-bond donors (Lipinski definition) is 1. The minimum Gasteiger partial charge on any atom is -0.392 e. The van der Waals surface area contributed by atoms with Gasteiger partial charge in [-0.1, -0.05) is 12.2 Å². The van der Waals surface area contributed by atoms with Crippen LogP contribution in [-0.2, 0) is 14.3 Å². The van der Waals surface area contributed by atoms with E-state index in [-0.39, 0.29) is 0 Å². The van der Waals surface area contributed by atoms with Crippen molar-refractivity contribution in [2.24, 2.45) is 17.8 Å². The standard InChI is InChI=1S/C13H13Cl3O4/c1-19-13(20-2)11(15)5-3-4-6-8(17)7(5)12(13,16)10(6,14)9(11)18/h3-8,17H,1-2H3/t5?,6?,7?,8-,10?,11+,12-/m1/s1. The van der Waals surface area contributed by atoms with Gasteiger partial charge in [0.2, 0.25) is 5.79 Å². The Labute approximate surface area is 130 Å². The maximum absolute atomic E-state index is 13.0. The molecule has 4 unspecified atom stereocenters. The predicted octanol–water partition coefficient (Wildman–Crippen LogP) is 1.30. The van der Waals surface area contributed by atoms with Crippen LogP contribution < -0.4 is 0 Å². The Kier molecular flexibility index (Phi) is 2.34. The maximum atomic E-state index is 13.0. The molecule has 0 amide bonds. The number of rotatable bonds is 2. The number of carbonyl (C=O) groups is 1. The SMILES string of the molecule is COC1(OC)[C@@]2(Cl)C3C4C=CC([C@H]3O)C2(Cl)C(=O)[C@@]41Cl. The quantitative estimate of drug-likeness (QED) is 0.468. The lowest BCUT2D eigenvalue weighted by Crippen LogP contribution is -2.59. The van der Waals surface area contributed by atoms with Crippen molar-refractivity contribution in [1.82, 2.24) is 0 Å². The summed E-state index contributed by atoms with van der Waals surface area (Å²) in [5, 5.41) is 10.5. The first kappa shape index (κ1) is 13.8. The molecule has 3 fully saturated rings. The summed E-state index contributed by atoms with van der Waals surface area (Å²) < 4.78 is 11.0. The number of aliphatic hydroxyl groups is 1. The molecule has 0 heterocycles. The summed E-state index contributed by atoms with van der Waals surface area (Å²) in [5.74, 6) is -3.50. The number of ether oxygens (including phenoxy) is 2. The van der Waals surface area contributed by atoms with Crippen molar-refractivity contribution in [2.75, 3.05) is 14.2 Å². The topological polar surface area (TPSA) is 55.8 Å². The first-order chi connectivity index (χ1) is 9.29. The Morgan fingerprint density at radius 1 is 1.10 bits per heavy atom. The number of halogens is 3. The lowest BCUT2D eigenvalue weighted by molar-refractivity contribution is -0.223. The van der Waals surface area contributed by atoms with Crippen LogP contribution in [0, 0.1) is 17.8 Å². The van der Waals surface area contributed by atoms with Crippen molar-refractivity contribution in [2.45, 2.75) is 26.5 Å². The van der Waals surface area contributed by atoms with E-state index in [9.17, 15) is 9.90 Å². The lowest BCUT2D eigenvalue weighted by atomic mass is 9.78. The minimum atomic E-state index is -1.56. The van der Waals surface area contributed by atoms with E-state index in [1.165, 1.54) is 14.2 Å². The largest absolute Gasteiger partial charge is 0.392 e. The van der Waals surface area contributed by atoms with Gasteiger partial charge >= 0.3 is 0 Å².